The van der Waals surface area contributed by atoms with Crippen LogP contribution in [0, 0.1) is 6.92 Å². The Balaban J connectivity index is 2.02. The number of carbonyl (C=O) groups excluding carboxylic acids is 1. The summed E-state index contributed by atoms with van der Waals surface area (Å²) in [6, 6.07) is 8.10. The predicted octanol–water partition coefficient (Wildman–Crippen LogP) is 2.64. The molecule has 4 nitrogen and oxygen atoms in total. The summed E-state index contributed by atoms with van der Waals surface area (Å²) in [5, 5.41) is -0.125. The van der Waals surface area contributed by atoms with Gasteiger partial charge >= 0.3 is 5.97 Å². The molecule has 1 aromatic heterocycles. The van der Waals surface area contributed by atoms with E-state index in [0.717, 1.165) is 29.2 Å². The number of aryl methyl sites for hydroxylation is 2. The third-order valence-electron chi connectivity index (χ3n) is 3.06. The van der Waals surface area contributed by atoms with Gasteiger partial charge in [0.15, 0.2) is 0 Å². The van der Waals surface area contributed by atoms with Crippen molar-refractivity contribution in [3.63, 3.8) is 0 Å². The Morgan fingerprint density at radius 2 is 2.21 bits per heavy atom. The molecule has 0 amide bonds. The molecule has 0 bridgehead atoms. The average molecular weight is 278 g/mol. The Hall–Kier alpha value is -1.49. The van der Waals surface area contributed by atoms with E-state index in [9.17, 15) is 4.79 Å². The van der Waals surface area contributed by atoms with Crippen LogP contribution in [0.25, 0.3) is 11.0 Å². The molecule has 0 fully saturated rings. The van der Waals surface area contributed by atoms with Gasteiger partial charge in [-0.1, -0.05) is 12.1 Å². The highest BCUT2D eigenvalue weighted by molar-refractivity contribution is 8.00. The molecule has 0 N–H and O–H groups in total. The summed E-state index contributed by atoms with van der Waals surface area (Å²) in [5.74, 6) is 1.70. The Labute approximate surface area is 117 Å². The number of benzene rings is 1. The van der Waals surface area contributed by atoms with Gasteiger partial charge in [0.05, 0.1) is 23.4 Å². The van der Waals surface area contributed by atoms with Crippen LogP contribution < -0.4 is 0 Å². The number of fused-ring (bicyclic) bond motifs is 1. The summed E-state index contributed by atoms with van der Waals surface area (Å²) in [6.45, 7) is 4.72. The minimum absolute atomic E-state index is 0.125. The third kappa shape index (κ3) is 3.10. The number of thioether (sulfide) groups is 1. The normalized spacial score (nSPS) is 12.6. The zero-order chi connectivity index (χ0) is 13.8. The number of para-hydroxylation sites is 2. The van der Waals surface area contributed by atoms with E-state index in [4.69, 9.17) is 4.74 Å². The molecular formula is C14H18N2O2S. The number of hydrogen-bond donors (Lipinski definition) is 0. The molecule has 0 aliphatic rings. The maximum atomic E-state index is 11.3. The topological polar surface area (TPSA) is 44.1 Å². The van der Waals surface area contributed by atoms with Crippen LogP contribution in [-0.4, -0.2) is 33.6 Å². The van der Waals surface area contributed by atoms with E-state index in [1.54, 1.807) is 11.8 Å². The van der Waals surface area contributed by atoms with Gasteiger partial charge in [0.1, 0.15) is 5.82 Å². The van der Waals surface area contributed by atoms with Crippen molar-refractivity contribution in [2.24, 2.45) is 0 Å². The van der Waals surface area contributed by atoms with Crippen molar-refractivity contribution >= 4 is 28.8 Å². The molecule has 0 aliphatic heterocycles. The van der Waals surface area contributed by atoms with Crippen LogP contribution in [0.2, 0.25) is 0 Å². The number of nitrogens with zero attached hydrogens (tertiary/aromatic N) is 2. The fourth-order valence-corrected chi connectivity index (χ4v) is 2.91. The van der Waals surface area contributed by atoms with Crippen molar-refractivity contribution in [2.45, 2.75) is 25.6 Å². The van der Waals surface area contributed by atoms with E-state index < -0.39 is 0 Å². The SMILES string of the molecule is COC(=O)[C@H](C)SCCn1c(C)nc2ccccc21. The average Bonchev–Trinajstić information content (AvgIpc) is 2.74. The Kier molecular flexibility index (Phi) is 4.47. The van der Waals surface area contributed by atoms with Gasteiger partial charge in [0.25, 0.3) is 0 Å². The van der Waals surface area contributed by atoms with E-state index in [2.05, 4.69) is 15.6 Å². The van der Waals surface area contributed by atoms with Crippen LogP contribution in [0.15, 0.2) is 24.3 Å². The molecule has 0 radical (unpaired) electrons. The number of imidazole rings is 1. The van der Waals surface area contributed by atoms with Gasteiger partial charge in [0, 0.05) is 12.3 Å². The zero-order valence-corrected chi connectivity index (χ0v) is 12.2. The lowest BCUT2D eigenvalue weighted by molar-refractivity contribution is -0.139. The fraction of sp³-hybridized carbons (Fsp3) is 0.429. The Bertz CT molecular complexity index is 580. The van der Waals surface area contributed by atoms with E-state index >= 15 is 0 Å². The molecule has 0 unspecified atom stereocenters. The molecule has 1 heterocycles. The van der Waals surface area contributed by atoms with Gasteiger partial charge in [-0.25, -0.2) is 4.98 Å². The number of esters is 1. The van der Waals surface area contributed by atoms with Crippen molar-refractivity contribution in [1.29, 1.82) is 0 Å². The first-order valence-corrected chi connectivity index (χ1v) is 7.29. The number of aromatic nitrogens is 2. The van der Waals surface area contributed by atoms with Crippen molar-refractivity contribution in [3.8, 4) is 0 Å². The van der Waals surface area contributed by atoms with Gasteiger partial charge in [-0.3, -0.25) is 4.79 Å². The summed E-state index contributed by atoms with van der Waals surface area (Å²) in [4.78, 5) is 15.8. The molecule has 5 heteroatoms. The maximum Gasteiger partial charge on any atom is 0.318 e. The van der Waals surface area contributed by atoms with E-state index in [1.165, 1.54) is 7.11 Å². The molecular weight excluding hydrogens is 260 g/mol. The van der Waals surface area contributed by atoms with E-state index in [0.29, 0.717) is 0 Å². The van der Waals surface area contributed by atoms with Gasteiger partial charge in [-0.2, -0.15) is 0 Å². The minimum Gasteiger partial charge on any atom is -0.468 e. The lowest BCUT2D eigenvalue weighted by Gasteiger charge is -2.10. The largest absolute Gasteiger partial charge is 0.468 e. The van der Waals surface area contributed by atoms with Crippen LogP contribution in [-0.2, 0) is 16.1 Å². The van der Waals surface area contributed by atoms with Gasteiger partial charge in [-0.05, 0) is 26.0 Å². The number of methoxy groups -OCH3 is 1. The molecule has 0 aliphatic carbocycles. The molecule has 1 atom stereocenters. The lowest BCUT2D eigenvalue weighted by Crippen LogP contribution is -2.16. The molecule has 1 aromatic carbocycles. The first-order chi connectivity index (χ1) is 9.13. The first-order valence-electron chi connectivity index (χ1n) is 6.24. The summed E-state index contributed by atoms with van der Waals surface area (Å²) >= 11 is 1.60. The third-order valence-corrected chi connectivity index (χ3v) is 4.17. The Morgan fingerprint density at radius 1 is 1.47 bits per heavy atom. The quantitative estimate of drug-likeness (QED) is 0.789. The highest BCUT2D eigenvalue weighted by atomic mass is 32.2. The number of rotatable bonds is 5. The molecule has 2 rings (SSSR count). The molecule has 102 valence electrons. The van der Waals surface area contributed by atoms with Crippen molar-refractivity contribution in [2.75, 3.05) is 12.9 Å². The summed E-state index contributed by atoms with van der Waals surface area (Å²) in [7, 11) is 1.42. The number of hydrogen-bond acceptors (Lipinski definition) is 4. The second-order valence-corrected chi connectivity index (χ2v) is 5.78. The van der Waals surface area contributed by atoms with Crippen LogP contribution in [0.5, 0.6) is 0 Å². The van der Waals surface area contributed by atoms with Crippen LogP contribution in [0.1, 0.15) is 12.7 Å². The minimum atomic E-state index is -0.169. The van der Waals surface area contributed by atoms with Crippen molar-refractivity contribution in [3.05, 3.63) is 30.1 Å². The Morgan fingerprint density at radius 3 is 2.95 bits per heavy atom. The van der Waals surface area contributed by atoms with Gasteiger partial charge < -0.3 is 9.30 Å². The number of carbonyl (C=O) groups is 1. The summed E-state index contributed by atoms with van der Waals surface area (Å²) in [6.07, 6.45) is 0. The molecule has 2 aromatic rings. The molecule has 0 saturated heterocycles. The van der Waals surface area contributed by atoms with Gasteiger partial charge in [-0.15, -0.1) is 11.8 Å². The van der Waals surface area contributed by atoms with Crippen molar-refractivity contribution < 1.29 is 9.53 Å². The van der Waals surface area contributed by atoms with E-state index in [1.807, 2.05) is 32.0 Å². The monoisotopic (exact) mass is 278 g/mol. The maximum absolute atomic E-state index is 11.3. The van der Waals surface area contributed by atoms with E-state index in [-0.39, 0.29) is 11.2 Å². The molecule has 0 spiro atoms. The second-order valence-electron chi connectivity index (χ2n) is 4.34. The standard InChI is InChI=1S/C14H18N2O2S/c1-10(14(17)18-3)19-9-8-16-11(2)15-12-6-4-5-7-13(12)16/h4-7,10H,8-9H2,1-3H3/t10-/m0/s1. The van der Waals surface area contributed by atoms with Crippen LogP contribution in [0.3, 0.4) is 0 Å². The lowest BCUT2D eigenvalue weighted by atomic mass is 10.3. The first kappa shape index (κ1) is 13.9. The van der Waals surface area contributed by atoms with Gasteiger partial charge in [0.2, 0.25) is 0 Å². The highest BCUT2D eigenvalue weighted by Gasteiger charge is 2.13. The summed E-state index contributed by atoms with van der Waals surface area (Å²) in [5.41, 5.74) is 2.16. The molecule has 19 heavy (non-hydrogen) atoms. The summed E-state index contributed by atoms with van der Waals surface area (Å²) < 4.78 is 6.90. The smallest absolute Gasteiger partial charge is 0.318 e. The predicted molar refractivity (Wildman–Crippen MR) is 78.4 cm³/mol. The zero-order valence-electron chi connectivity index (χ0n) is 11.4. The van der Waals surface area contributed by atoms with Crippen LogP contribution in [0.4, 0.5) is 0 Å². The second kappa shape index (κ2) is 6.10. The molecule has 0 saturated carbocycles. The van der Waals surface area contributed by atoms with Crippen molar-refractivity contribution in [1.82, 2.24) is 9.55 Å². The van der Waals surface area contributed by atoms with Crippen LogP contribution >= 0.6 is 11.8 Å². The number of ether oxygens (including phenoxy) is 1. The highest BCUT2D eigenvalue weighted by Crippen LogP contribution is 2.18. The fourth-order valence-electron chi connectivity index (χ4n) is 2.03.